The van der Waals surface area contributed by atoms with Gasteiger partial charge in [-0.3, -0.25) is 5.32 Å². The van der Waals surface area contributed by atoms with E-state index in [1.165, 1.54) is 18.4 Å². The normalized spacial score (nSPS) is 24.4. The van der Waals surface area contributed by atoms with Crippen LogP contribution in [0.1, 0.15) is 69.6 Å². The summed E-state index contributed by atoms with van der Waals surface area (Å²) in [5, 5.41) is 2.88. The number of piperidine rings is 1. The molecule has 0 radical (unpaired) electrons. The van der Waals surface area contributed by atoms with Crippen LogP contribution in [0, 0.1) is 5.92 Å². The number of benzene rings is 2. The van der Waals surface area contributed by atoms with Gasteiger partial charge in [-0.15, -0.1) is 0 Å². The first-order chi connectivity index (χ1) is 17.7. The Labute approximate surface area is 219 Å². The van der Waals surface area contributed by atoms with E-state index >= 15 is 0 Å². The van der Waals surface area contributed by atoms with Gasteiger partial charge < -0.3 is 19.1 Å². The second kappa shape index (κ2) is 9.92. The van der Waals surface area contributed by atoms with E-state index in [9.17, 15) is 9.59 Å². The summed E-state index contributed by atoms with van der Waals surface area (Å²) in [7, 11) is 1.63. The first-order valence-electron chi connectivity index (χ1n) is 13.4. The van der Waals surface area contributed by atoms with Gasteiger partial charge in [-0.25, -0.2) is 9.59 Å². The number of methoxy groups -OCH3 is 1. The largest absolute Gasteiger partial charge is 0.495 e. The number of nitrogens with zero attached hydrogens (tertiary/aromatic N) is 1. The van der Waals surface area contributed by atoms with E-state index in [4.69, 9.17) is 14.2 Å². The third kappa shape index (κ3) is 5.00. The van der Waals surface area contributed by atoms with Gasteiger partial charge in [-0.2, -0.15) is 0 Å². The Morgan fingerprint density at radius 1 is 1.11 bits per heavy atom. The van der Waals surface area contributed by atoms with Gasteiger partial charge in [-0.05, 0) is 81.2 Å². The maximum atomic E-state index is 13.3. The Kier molecular flexibility index (Phi) is 6.82. The fraction of sp³-hybridized carbons (Fsp3) is 0.533. The molecule has 2 fully saturated rings. The molecule has 37 heavy (non-hydrogen) atoms. The molecule has 3 atom stereocenters. The van der Waals surface area contributed by atoms with Gasteiger partial charge in [0.15, 0.2) is 0 Å². The highest BCUT2D eigenvalue weighted by Gasteiger charge is 2.55. The standard InChI is InChI=1S/C30H38N2O5/c1-29(2,3)37-27(33)31-24-16-21-17-25-22-12-8-9-13-30(22,23(21)18-26(24)35-4)14-15-32(25)28(34)36-19-20-10-6-5-7-11-20/h5-7,10-11,16,18,22,25H,8-9,12-15,17,19H2,1-4H3,(H,31,33)/t22?,25-,30-/m0/s1. The molecular weight excluding hydrogens is 468 g/mol. The SMILES string of the molecule is COc1cc2c(cc1NC(=O)OC(C)(C)C)C[C@H]1C3CCCC[C@@]23CCN1C(=O)OCc1ccccc1. The minimum absolute atomic E-state index is 0.0183. The van der Waals surface area contributed by atoms with Crippen molar-refractivity contribution in [2.24, 2.45) is 5.92 Å². The van der Waals surface area contributed by atoms with Gasteiger partial charge in [-0.1, -0.05) is 43.2 Å². The number of amides is 2. The van der Waals surface area contributed by atoms with Crippen molar-refractivity contribution < 1.29 is 23.8 Å². The Hall–Kier alpha value is -3.22. The Bertz CT molecular complexity index is 1160. The molecule has 1 unspecified atom stereocenters. The molecule has 1 N–H and O–H groups in total. The lowest BCUT2D eigenvalue weighted by Crippen LogP contribution is -2.62. The monoisotopic (exact) mass is 506 g/mol. The maximum Gasteiger partial charge on any atom is 0.412 e. The Balaban J connectivity index is 1.43. The molecule has 0 aromatic heterocycles. The fourth-order valence-corrected chi connectivity index (χ4v) is 6.75. The number of hydrogen-bond acceptors (Lipinski definition) is 5. The van der Waals surface area contributed by atoms with Gasteiger partial charge in [0.25, 0.3) is 0 Å². The van der Waals surface area contributed by atoms with Crippen LogP contribution in [-0.2, 0) is 27.9 Å². The summed E-state index contributed by atoms with van der Waals surface area (Å²) in [6.45, 7) is 6.48. The van der Waals surface area contributed by atoms with Crippen LogP contribution in [0.4, 0.5) is 15.3 Å². The summed E-state index contributed by atoms with van der Waals surface area (Å²) in [4.78, 5) is 27.8. The molecule has 2 aromatic carbocycles. The van der Waals surface area contributed by atoms with E-state index in [-0.39, 0.29) is 24.2 Å². The summed E-state index contributed by atoms with van der Waals surface area (Å²) >= 11 is 0. The van der Waals surface area contributed by atoms with E-state index in [0.29, 0.717) is 23.9 Å². The van der Waals surface area contributed by atoms with Crippen LogP contribution in [0.3, 0.4) is 0 Å². The number of carbonyl (C=O) groups is 2. The molecule has 7 heteroatoms. The molecule has 1 saturated carbocycles. The third-order valence-corrected chi connectivity index (χ3v) is 8.23. The number of likely N-dealkylation sites (tertiary alicyclic amines) is 1. The number of anilines is 1. The topological polar surface area (TPSA) is 77.1 Å². The average molecular weight is 507 g/mol. The summed E-state index contributed by atoms with van der Waals surface area (Å²) in [6, 6.07) is 14.0. The van der Waals surface area contributed by atoms with E-state index in [2.05, 4.69) is 11.4 Å². The van der Waals surface area contributed by atoms with Gasteiger partial charge in [0.2, 0.25) is 0 Å². The van der Waals surface area contributed by atoms with Gasteiger partial charge in [0.1, 0.15) is 18.0 Å². The second-order valence-electron chi connectivity index (χ2n) is 11.6. The minimum atomic E-state index is -0.600. The highest BCUT2D eigenvalue weighted by molar-refractivity contribution is 5.87. The molecule has 2 amide bonds. The molecular formula is C30H38N2O5. The maximum absolute atomic E-state index is 13.3. The zero-order chi connectivity index (χ0) is 26.2. The summed E-state index contributed by atoms with van der Waals surface area (Å²) < 4.78 is 17.0. The van der Waals surface area contributed by atoms with Crippen LogP contribution in [-0.4, -0.2) is 42.4 Å². The lowest BCUT2D eigenvalue weighted by molar-refractivity contribution is -0.0137. The van der Waals surface area contributed by atoms with Gasteiger partial charge in [0.05, 0.1) is 12.8 Å². The fourth-order valence-electron chi connectivity index (χ4n) is 6.75. The van der Waals surface area contributed by atoms with E-state index in [1.54, 1.807) is 7.11 Å². The van der Waals surface area contributed by atoms with E-state index < -0.39 is 11.7 Å². The molecule has 0 spiro atoms. The lowest BCUT2D eigenvalue weighted by Gasteiger charge is -2.58. The van der Waals surface area contributed by atoms with Crippen LogP contribution in [0.5, 0.6) is 5.75 Å². The summed E-state index contributed by atoms with van der Waals surface area (Å²) in [5.41, 5.74) is 3.48. The molecule has 7 nitrogen and oxygen atoms in total. The van der Waals surface area contributed by atoms with E-state index in [0.717, 1.165) is 36.8 Å². The van der Waals surface area contributed by atoms with Gasteiger partial charge >= 0.3 is 12.2 Å². The van der Waals surface area contributed by atoms with Crippen molar-refractivity contribution in [2.75, 3.05) is 19.0 Å². The van der Waals surface area contributed by atoms with Crippen molar-refractivity contribution >= 4 is 17.9 Å². The summed E-state index contributed by atoms with van der Waals surface area (Å²) in [5.74, 6) is 1.03. The van der Waals surface area contributed by atoms with Crippen molar-refractivity contribution in [3.63, 3.8) is 0 Å². The van der Waals surface area contributed by atoms with Crippen LogP contribution < -0.4 is 10.1 Å². The number of rotatable bonds is 4. The molecule has 1 saturated heterocycles. The molecule has 3 aliphatic rings. The predicted molar refractivity (Wildman–Crippen MR) is 142 cm³/mol. The van der Waals surface area contributed by atoms with Crippen LogP contribution >= 0.6 is 0 Å². The van der Waals surface area contributed by atoms with Crippen LogP contribution in [0.2, 0.25) is 0 Å². The van der Waals surface area contributed by atoms with E-state index in [1.807, 2.05) is 62.1 Å². The van der Waals surface area contributed by atoms with Crippen molar-refractivity contribution in [2.45, 2.75) is 83.0 Å². The second-order valence-corrected chi connectivity index (χ2v) is 11.6. The number of fused-ring (bicyclic) bond motifs is 1. The first-order valence-corrected chi connectivity index (χ1v) is 13.4. The highest BCUT2D eigenvalue weighted by atomic mass is 16.6. The molecule has 198 valence electrons. The first kappa shape index (κ1) is 25.4. The quantitative estimate of drug-likeness (QED) is 0.517. The van der Waals surface area contributed by atoms with Crippen LogP contribution in [0.15, 0.2) is 42.5 Å². The van der Waals surface area contributed by atoms with Crippen molar-refractivity contribution in [1.29, 1.82) is 0 Å². The van der Waals surface area contributed by atoms with Crippen molar-refractivity contribution in [1.82, 2.24) is 4.90 Å². The Morgan fingerprint density at radius 2 is 1.89 bits per heavy atom. The van der Waals surface area contributed by atoms with Crippen molar-refractivity contribution in [3.05, 3.63) is 59.2 Å². The molecule has 2 bridgehead atoms. The number of carbonyl (C=O) groups excluding carboxylic acids is 2. The minimum Gasteiger partial charge on any atom is -0.495 e. The molecule has 1 heterocycles. The average Bonchev–Trinajstić information content (AvgIpc) is 2.86. The van der Waals surface area contributed by atoms with Crippen molar-refractivity contribution in [3.8, 4) is 5.75 Å². The predicted octanol–water partition coefficient (Wildman–Crippen LogP) is 6.44. The molecule has 5 rings (SSSR count). The lowest BCUT2D eigenvalue weighted by atomic mass is 9.52. The summed E-state index contributed by atoms with van der Waals surface area (Å²) in [6.07, 6.45) is 5.46. The molecule has 1 aliphatic heterocycles. The number of ether oxygens (including phenoxy) is 3. The van der Waals surface area contributed by atoms with Crippen LogP contribution in [0.25, 0.3) is 0 Å². The molecule has 2 aromatic rings. The zero-order valence-electron chi connectivity index (χ0n) is 22.3. The number of hydrogen-bond donors (Lipinski definition) is 1. The number of nitrogens with one attached hydrogen (secondary N) is 1. The molecule has 2 aliphatic carbocycles. The zero-order valence-corrected chi connectivity index (χ0v) is 22.3. The Morgan fingerprint density at radius 3 is 2.62 bits per heavy atom. The smallest absolute Gasteiger partial charge is 0.412 e. The highest BCUT2D eigenvalue weighted by Crippen LogP contribution is 2.57. The third-order valence-electron chi connectivity index (χ3n) is 8.23. The van der Waals surface area contributed by atoms with Gasteiger partial charge in [0, 0.05) is 18.0 Å².